The average Bonchev–Trinajstić information content (AvgIpc) is 3.16. The van der Waals surface area contributed by atoms with Gasteiger partial charge in [0.25, 0.3) is 0 Å². The summed E-state index contributed by atoms with van der Waals surface area (Å²) >= 11 is 0. The third-order valence-electron chi connectivity index (χ3n) is 4.79. The summed E-state index contributed by atoms with van der Waals surface area (Å²) < 4.78 is 26.6. The Balaban J connectivity index is 1.36. The molecule has 1 atom stereocenters. The molecule has 0 spiro atoms. The predicted octanol–water partition coefficient (Wildman–Crippen LogP) is 2.43. The van der Waals surface area contributed by atoms with Crippen molar-refractivity contribution < 1.29 is 13.6 Å². The summed E-state index contributed by atoms with van der Waals surface area (Å²) in [5, 5.41) is 6.62. The number of anilines is 2. The van der Waals surface area contributed by atoms with E-state index in [0.717, 1.165) is 48.4 Å². The van der Waals surface area contributed by atoms with Crippen LogP contribution in [0.2, 0.25) is 0 Å². The van der Waals surface area contributed by atoms with E-state index in [1.54, 1.807) is 0 Å². The first-order chi connectivity index (χ1) is 13.6. The van der Waals surface area contributed by atoms with E-state index in [-0.39, 0.29) is 24.2 Å². The SMILES string of the molecule is O=C(CNc1ccc(F)cc1F)NC1CCCN(c2ncnc3[nH]ccc23)C1. The van der Waals surface area contributed by atoms with Gasteiger partial charge in [-0.05, 0) is 31.0 Å². The summed E-state index contributed by atoms with van der Waals surface area (Å²) in [4.78, 5) is 26.1. The summed E-state index contributed by atoms with van der Waals surface area (Å²) in [6.07, 6.45) is 5.12. The number of aromatic nitrogens is 3. The maximum absolute atomic E-state index is 13.6. The molecule has 0 aliphatic carbocycles. The molecule has 1 amide bonds. The summed E-state index contributed by atoms with van der Waals surface area (Å²) in [5.41, 5.74) is 0.874. The molecule has 2 aromatic heterocycles. The summed E-state index contributed by atoms with van der Waals surface area (Å²) in [6.45, 7) is 1.39. The van der Waals surface area contributed by atoms with Gasteiger partial charge in [-0.2, -0.15) is 0 Å². The van der Waals surface area contributed by atoms with Crippen LogP contribution in [0.15, 0.2) is 36.8 Å². The number of fused-ring (bicyclic) bond motifs is 1. The fourth-order valence-electron chi connectivity index (χ4n) is 3.49. The van der Waals surface area contributed by atoms with Crippen molar-refractivity contribution in [2.45, 2.75) is 18.9 Å². The normalized spacial score (nSPS) is 16.9. The van der Waals surface area contributed by atoms with E-state index in [9.17, 15) is 13.6 Å². The summed E-state index contributed by atoms with van der Waals surface area (Å²) in [5.74, 6) is -0.784. The second-order valence-corrected chi connectivity index (χ2v) is 6.77. The number of piperidine rings is 1. The van der Waals surface area contributed by atoms with Crippen molar-refractivity contribution in [1.29, 1.82) is 0 Å². The van der Waals surface area contributed by atoms with Crippen LogP contribution in [-0.4, -0.2) is 46.5 Å². The standard InChI is InChI=1S/C19H20F2N6O/c20-12-3-4-16(15(21)8-12)23-9-17(28)26-13-2-1-7-27(10-13)19-14-5-6-22-18(14)24-11-25-19/h3-6,8,11,13,23H,1-2,7,9-10H2,(H,26,28)(H,22,24,25). The van der Waals surface area contributed by atoms with Crippen LogP contribution in [-0.2, 0) is 4.79 Å². The van der Waals surface area contributed by atoms with Gasteiger partial charge in [-0.15, -0.1) is 0 Å². The lowest BCUT2D eigenvalue weighted by Crippen LogP contribution is -2.49. The Morgan fingerprint density at radius 1 is 1.29 bits per heavy atom. The highest BCUT2D eigenvalue weighted by Gasteiger charge is 2.24. The van der Waals surface area contributed by atoms with Crippen LogP contribution in [0.4, 0.5) is 20.3 Å². The number of halogens is 2. The van der Waals surface area contributed by atoms with Gasteiger partial charge in [-0.1, -0.05) is 0 Å². The Hall–Kier alpha value is -3.23. The molecule has 146 valence electrons. The molecule has 7 nitrogen and oxygen atoms in total. The van der Waals surface area contributed by atoms with Crippen LogP contribution in [0.5, 0.6) is 0 Å². The first-order valence-corrected chi connectivity index (χ1v) is 9.11. The highest BCUT2D eigenvalue weighted by Crippen LogP contribution is 2.25. The molecule has 0 saturated carbocycles. The van der Waals surface area contributed by atoms with E-state index < -0.39 is 11.6 Å². The van der Waals surface area contributed by atoms with Gasteiger partial charge in [-0.3, -0.25) is 4.79 Å². The number of carbonyl (C=O) groups excluding carboxylic acids is 1. The molecule has 3 aromatic rings. The van der Waals surface area contributed by atoms with Crippen LogP contribution in [0.3, 0.4) is 0 Å². The van der Waals surface area contributed by atoms with Gasteiger partial charge in [0, 0.05) is 31.4 Å². The Labute approximate surface area is 160 Å². The lowest BCUT2D eigenvalue weighted by molar-refractivity contribution is -0.120. The number of nitrogens with zero attached hydrogens (tertiary/aromatic N) is 3. The third kappa shape index (κ3) is 3.88. The van der Waals surface area contributed by atoms with Gasteiger partial charge in [0.2, 0.25) is 5.91 Å². The zero-order valence-electron chi connectivity index (χ0n) is 15.1. The molecular formula is C19H20F2N6O. The molecule has 3 heterocycles. The van der Waals surface area contributed by atoms with Crippen LogP contribution < -0.4 is 15.5 Å². The van der Waals surface area contributed by atoms with Crippen molar-refractivity contribution in [1.82, 2.24) is 20.3 Å². The van der Waals surface area contributed by atoms with E-state index in [0.29, 0.717) is 6.54 Å². The topological polar surface area (TPSA) is 85.9 Å². The Bertz CT molecular complexity index is 991. The van der Waals surface area contributed by atoms with E-state index >= 15 is 0 Å². The molecule has 3 N–H and O–H groups in total. The largest absolute Gasteiger partial charge is 0.374 e. The van der Waals surface area contributed by atoms with Gasteiger partial charge in [0.05, 0.1) is 17.6 Å². The minimum Gasteiger partial charge on any atom is -0.374 e. The lowest BCUT2D eigenvalue weighted by atomic mass is 10.1. The molecule has 1 unspecified atom stereocenters. The van der Waals surface area contributed by atoms with Crippen molar-refractivity contribution in [2.75, 3.05) is 29.9 Å². The summed E-state index contributed by atoms with van der Waals surface area (Å²) in [6, 6.07) is 5.10. The Morgan fingerprint density at radius 3 is 3.04 bits per heavy atom. The van der Waals surface area contributed by atoms with Crippen molar-refractivity contribution in [3.8, 4) is 0 Å². The number of H-pyrrole nitrogens is 1. The molecule has 1 fully saturated rings. The molecule has 1 aliphatic heterocycles. The minimum atomic E-state index is -0.726. The second kappa shape index (κ2) is 7.79. The van der Waals surface area contributed by atoms with Gasteiger partial charge in [-0.25, -0.2) is 18.7 Å². The number of carbonyl (C=O) groups is 1. The highest BCUT2D eigenvalue weighted by molar-refractivity contribution is 5.87. The van der Waals surface area contributed by atoms with Gasteiger partial charge in [0.1, 0.15) is 29.4 Å². The van der Waals surface area contributed by atoms with Crippen LogP contribution in [0.25, 0.3) is 11.0 Å². The predicted molar refractivity (Wildman–Crippen MR) is 102 cm³/mol. The molecule has 1 saturated heterocycles. The van der Waals surface area contributed by atoms with Gasteiger partial charge in [0.15, 0.2) is 0 Å². The average molecular weight is 386 g/mol. The van der Waals surface area contributed by atoms with E-state index in [4.69, 9.17) is 0 Å². The third-order valence-corrected chi connectivity index (χ3v) is 4.79. The van der Waals surface area contributed by atoms with Gasteiger partial charge < -0.3 is 20.5 Å². The van der Waals surface area contributed by atoms with Crippen molar-refractivity contribution >= 4 is 28.4 Å². The first-order valence-electron chi connectivity index (χ1n) is 9.11. The number of hydrogen-bond acceptors (Lipinski definition) is 5. The maximum atomic E-state index is 13.6. The number of rotatable bonds is 5. The number of benzene rings is 1. The molecule has 28 heavy (non-hydrogen) atoms. The van der Waals surface area contributed by atoms with E-state index in [1.165, 1.54) is 12.4 Å². The van der Waals surface area contributed by atoms with E-state index in [1.807, 2.05) is 12.3 Å². The molecule has 1 aromatic carbocycles. The Kier molecular flexibility index (Phi) is 5.05. The monoisotopic (exact) mass is 386 g/mol. The fourth-order valence-corrected chi connectivity index (χ4v) is 3.49. The smallest absolute Gasteiger partial charge is 0.239 e. The lowest BCUT2D eigenvalue weighted by Gasteiger charge is -2.34. The number of nitrogens with one attached hydrogen (secondary N) is 3. The number of amides is 1. The number of hydrogen-bond donors (Lipinski definition) is 3. The molecule has 1 aliphatic rings. The van der Waals surface area contributed by atoms with Gasteiger partial charge >= 0.3 is 0 Å². The fraction of sp³-hybridized carbons (Fsp3) is 0.316. The van der Waals surface area contributed by atoms with Crippen molar-refractivity contribution in [2.24, 2.45) is 0 Å². The van der Waals surface area contributed by atoms with Crippen molar-refractivity contribution in [3.05, 3.63) is 48.4 Å². The zero-order chi connectivity index (χ0) is 19.5. The van der Waals surface area contributed by atoms with E-state index in [2.05, 4.69) is 30.5 Å². The highest BCUT2D eigenvalue weighted by atomic mass is 19.1. The quantitative estimate of drug-likeness (QED) is 0.627. The van der Waals surface area contributed by atoms with Crippen LogP contribution >= 0.6 is 0 Å². The zero-order valence-corrected chi connectivity index (χ0v) is 15.1. The second-order valence-electron chi connectivity index (χ2n) is 6.77. The molecule has 9 heteroatoms. The molecule has 4 rings (SSSR count). The first kappa shape index (κ1) is 18.1. The minimum absolute atomic E-state index is 0.0370. The molecule has 0 bridgehead atoms. The summed E-state index contributed by atoms with van der Waals surface area (Å²) in [7, 11) is 0. The van der Waals surface area contributed by atoms with Crippen molar-refractivity contribution in [3.63, 3.8) is 0 Å². The van der Waals surface area contributed by atoms with Crippen LogP contribution in [0, 0.1) is 11.6 Å². The van der Waals surface area contributed by atoms with Crippen LogP contribution in [0.1, 0.15) is 12.8 Å². The number of aromatic amines is 1. The maximum Gasteiger partial charge on any atom is 0.239 e. The Morgan fingerprint density at radius 2 is 2.18 bits per heavy atom. The molecular weight excluding hydrogens is 366 g/mol. The molecule has 0 radical (unpaired) electrons.